The van der Waals surface area contributed by atoms with Crippen LogP contribution in [0.2, 0.25) is 0 Å². The van der Waals surface area contributed by atoms with E-state index in [4.69, 9.17) is 5.10 Å². The van der Waals surface area contributed by atoms with Crippen LogP contribution < -0.4 is 5.32 Å². The average molecular weight is 286 g/mol. The second kappa shape index (κ2) is 6.94. The van der Waals surface area contributed by atoms with Crippen molar-refractivity contribution in [3.63, 3.8) is 0 Å². The Morgan fingerprint density at radius 2 is 2.10 bits per heavy atom. The Morgan fingerprint density at radius 1 is 1.24 bits per heavy atom. The van der Waals surface area contributed by atoms with Gasteiger partial charge in [0.25, 0.3) is 0 Å². The van der Waals surface area contributed by atoms with Crippen LogP contribution in [0.3, 0.4) is 0 Å². The molecule has 0 unspecified atom stereocenters. The van der Waals surface area contributed by atoms with Gasteiger partial charge in [-0.15, -0.1) is 0 Å². The van der Waals surface area contributed by atoms with E-state index < -0.39 is 0 Å². The number of rotatable bonds is 7. The van der Waals surface area contributed by atoms with E-state index in [0.29, 0.717) is 6.04 Å². The molecule has 0 aromatic carbocycles. The fourth-order valence-electron chi connectivity index (χ4n) is 3.12. The number of nitrogens with one attached hydrogen (secondary N) is 1. The second-order valence-corrected chi connectivity index (χ2v) is 6.09. The molecule has 3 rings (SSSR count). The standard InChI is InChI=1S/C17H26N4/c1-2-9-18-12-15-7-10-20(13-15)14-16-8-11-21(19-16)17-5-3-4-6-17/h7-8,10-11,13,17-18H,2-6,9,12,14H2,1H3. The summed E-state index contributed by atoms with van der Waals surface area (Å²) in [5, 5.41) is 8.19. The Morgan fingerprint density at radius 3 is 2.90 bits per heavy atom. The molecule has 1 N–H and O–H groups in total. The van der Waals surface area contributed by atoms with Crippen LogP contribution in [0.25, 0.3) is 0 Å². The van der Waals surface area contributed by atoms with Gasteiger partial charge in [0.2, 0.25) is 0 Å². The molecule has 0 amide bonds. The molecule has 1 aliphatic carbocycles. The van der Waals surface area contributed by atoms with Gasteiger partial charge in [-0.05, 0) is 43.5 Å². The van der Waals surface area contributed by atoms with Gasteiger partial charge in [0.15, 0.2) is 0 Å². The minimum atomic E-state index is 0.636. The topological polar surface area (TPSA) is 34.8 Å². The van der Waals surface area contributed by atoms with E-state index in [-0.39, 0.29) is 0 Å². The lowest BCUT2D eigenvalue weighted by atomic mass is 10.3. The molecular formula is C17H26N4. The Hall–Kier alpha value is -1.55. The Bertz CT molecular complexity index is 549. The molecule has 1 fully saturated rings. The Balaban J connectivity index is 1.56. The van der Waals surface area contributed by atoms with Crippen molar-refractivity contribution in [3.05, 3.63) is 42.0 Å². The first kappa shape index (κ1) is 14.4. The van der Waals surface area contributed by atoms with Crippen LogP contribution in [0.1, 0.15) is 56.3 Å². The summed E-state index contributed by atoms with van der Waals surface area (Å²) in [7, 11) is 0. The third-order valence-electron chi connectivity index (χ3n) is 4.27. The van der Waals surface area contributed by atoms with Gasteiger partial charge in [-0.3, -0.25) is 4.68 Å². The fraction of sp³-hybridized carbons (Fsp3) is 0.588. The van der Waals surface area contributed by atoms with Crippen molar-refractivity contribution in [1.29, 1.82) is 0 Å². The van der Waals surface area contributed by atoms with E-state index in [1.165, 1.54) is 37.7 Å². The van der Waals surface area contributed by atoms with Crippen molar-refractivity contribution in [2.45, 2.75) is 58.2 Å². The maximum absolute atomic E-state index is 4.75. The van der Waals surface area contributed by atoms with Gasteiger partial charge in [0.1, 0.15) is 0 Å². The highest BCUT2D eigenvalue weighted by Crippen LogP contribution is 2.28. The summed E-state index contributed by atoms with van der Waals surface area (Å²) in [5.74, 6) is 0. The fourth-order valence-corrected chi connectivity index (χ4v) is 3.12. The van der Waals surface area contributed by atoms with Crippen LogP contribution in [-0.2, 0) is 13.1 Å². The molecule has 0 atom stereocenters. The van der Waals surface area contributed by atoms with Crippen LogP contribution in [0, 0.1) is 0 Å². The smallest absolute Gasteiger partial charge is 0.0821 e. The third-order valence-corrected chi connectivity index (χ3v) is 4.27. The van der Waals surface area contributed by atoms with Crippen LogP contribution >= 0.6 is 0 Å². The largest absolute Gasteiger partial charge is 0.348 e. The summed E-state index contributed by atoms with van der Waals surface area (Å²) in [6.07, 6.45) is 13.0. The molecule has 4 heteroatoms. The highest BCUT2D eigenvalue weighted by Gasteiger charge is 2.17. The molecule has 1 saturated carbocycles. The summed E-state index contributed by atoms with van der Waals surface area (Å²) >= 11 is 0. The SMILES string of the molecule is CCCNCc1ccn(Cc2ccn(C3CCCC3)n2)c1. The Labute approximate surface area is 127 Å². The highest BCUT2D eigenvalue weighted by molar-refractivity contribution is 5.12. The molecule has 1 aliphatic rings. The first-order valence-electron chi connectivity index (χ1n) is 8.24. The molecule has 0 spiro atoms. The molecule has 2 aromatic heterocycles. The lowest BCUT2D eigenvalue weighted by molar-refractivity contribution is 0.461. The normalized spacial score (nSPS) is 15.9. The van der Waals surface area contributed by atoms with Crippen molar-refractivity contribution >= 4 is 0 Å². The van der Waals surface area contributed by atoms with Crippen molar-refractivity contribution in [3.8, 4) is 0 Å². The number of nitrogens with zero attached hydrogens (tertiary/aromatic N) is 3. The van der Waals surface area contributed by atoms with Crippen molar-refractivity contribution < 1.29 is 0 Å². The summed E-state index contributed by atoms with van der Waals surface area (Å²) in [4.78, 5) is 0. The van der Waals surface area contributed by atoms with Gasteiger partial charge in [-0.1, -0.05) is 19.8 Å². The minimum Gasteiger partial charge on any atom is -0.348 e. The van der Waals surface area contributed by atoms with E-state index in [1.807, 2.05) is 0 Å². The van der Waals surface area contributed by atoms with Crippen molar-refractivity contribution in [2.75, 3.05) is 6.54 Å². The van der Waals surface area contributed by atoms with Gasteiger partial charge in [-0.25, -0.2) is 0 Å². The number of hydrogen-bond donors (Lipinski definition) is 1. The lowest BCUT2D eigenvalue weighted by Gasteiger charge is -2.08. The maximum Gasteiger partial charge on any atom is 0.0821 e. The van der Waals surface area contributed by atoms with Gasteiger partial charge < -0.3 is 9.88 Å². The zero-order valence-electron chi connectivity index (χ0n) is 13.0. The summed E-state index contributed by atoms with van der Waals surface area (Å²) in [5.41, 5.74) is 2.50. The van der Waals surface area contributed by atoms with Crippen LogP contribution in [0.4, 0.5) is 0 Å². The number of hydrogen-bond acceptors (Lipinski definition) is 2. The van der Waals surface area contributed by atoms with Crippen LogP contribution in [0.15, 0.2) is 30.7 Å². The van der Waals surface area contributed by atoms with Crippen molar-refractivity contribution in [1.82, 2.24) is 19.7 Å². The third kappa shape index (κ3) is 3.76. The molecule has 2 aromatic rings. The average Bonchev–Trinajstić information content (AvgIpc) is 3.20. The van der Waals surface area contributed by atoms with E-state index in [9.17, 15) is 0 Å². The molecule has 0 aliphatic heterocycles. The monoisotopic (exact) mass is 286 g/mol. The number of aromatic nitrogens is 3. The predicted molar refractivity (Wildman–Crippen MR) is 85.3 cm³/mol. The van der Waals surface area contributed by atoms with Gasteiger partial charge >= 0.3 is 0 Å². The Kier molecular flexibility index (Phi) is 4.76. The van der Waals surface area contributed by atoms with Crippen molar-refractivity contribution in [2.24, 2.45) is 0 Å². The molecular weight excluding hydrogens is 260 g/mol. The van der Waals surface area contributed by atoms with Crippen LogP contribution in [0.5, 0.6) is 0 Å². The zero-order chi connectivity index (χ0) is 14.5. The second-order valence-electron chi connectivity index (χ2n) is 6.09. The molecule has 0 saturated heterocycles. The van der Waals surface area contributed by atoms with Crippen LogP contribution in [-0.4, -0.2) is 20.9 Å². The summed E-state index contributed by atoms with van der Waals surface area (Å²) < 4.78 is 4.40. The van der Waals surface area contributed by atoms with Gasteiger partial charge in [0, 0.05) is 25.1 Å². The predicted octanol–water partition coefficient (Wildman–Crippen LogP) is 3.35. The maximum atomic E-state index is 4.75. The van der Waals surface area contributed by atoms with E-state index >= 15 is 0 Å². The minimum absolute atomic E-state index is 0.636. The first-order chi connectivity index (χ1) is 10.3. The molecule has 0 radical (unpaired) electrons. The zero-order valence-corrected chi connectivity index (χ0v) is 13.0. The van der Waals surface area contributed by atoms with E-state index in [2.05, 4.69) is 52.2 Å². The van der Waals surface area contributed by atoms with E-state index in [1.54, 1.807) is 0 Å². The molecule has 2 heterocycles. The summed E-state index contributed by atoms with van der Waals surface area (Å²) in [6, 6.07) is 4.99. The molecule has 21 heavy (non-hydrogen) atoms. The van der Waals surface area contributed by atoms with E-state index in [0.717, 1.165) is 25.3 Å². The molecule has 4 nitrogen and oxygen atoms in total. The summed E-state index contributed by atoms with van der Waals surface area (Å²) in [6.45, 7) is 5.10. The lowest BCUT2D eigenvalue weighted by Crippen LogP contribution is -2.13. The quantitative estimate of drug-likeness (QED) is 0.792. The van der Waals surface area contributed by atoms with Gasteiger partial charge in [-0.2, -0.15) is 5.10 Å². The van der Waals surface area contributed by atoms with Gasteiger partial charge in [0.05, 0.1) is 18.3 Å². The highest BCUT2D eigenvalue weighted by atomic mass is 15.3. The molecule has 114 valence electrons. The molecule has 0 bridgehead atoms. The first-order valence-corrected chi connectivity index (χ1v) is 8.24.